The summed E-state index contributed by atoms with van der Waals surface area (Å²) < 4.78 is 11.3. The van der Waals surface area contributed by atoms with E-state index in [1.807, 2.05) is 47.8 Å². The van der Waals surface area contributed by atoms with Crippen molar-refractivity contribution in [2.45, 2.75) is 13.0 Å². The summed E-state index contributed by atoms with van der Waals surface area (Å²) >= 11 is 7.34. The number of aromatic nitrogens is 1. The number of thiazole rings is 1. The van der Waals surface area contributed by atoms with Crippen LogP contribution in [0.2, 0.25) is 5.02 Å². The molecular weight excluding hydrogens is 396 g/mol. The second kappa shape index (κ2) is 10.1. The Balaban J connectivity index is 1.41. The van der Waals surface area contributed by atoms with Crippen molar-refractivity contribution in [2.24, 2.45) is 0 Å². The van der Waals surface area contributed by atoms with E-state index in [4.69, 9.17) is 21.1 Å². The van der Waals surface area contributed by atoms with Gasteiger partial charge in [-0.05, 0) is 36.4 Å². The maximum absolute atomic E-state index is 12.4. The maximum atomic E-state index is 12.4. The SMILES string of the molecule is CN(CCOc1ccccc1)C(=O)Cc1csc(COc2ccc(Cl)cc2)n1. The number of hydrogen-bond acceptors (Lipinski definition) is 5. The van der Waals surface area contributed by atoms with Crippen LogP contribution in [0.5, 0.6) is 11.5 Å². The van der Waals surface area contributed by atoms with Gasteiger partial charge in [0.15, 0.2) is 0 Å². The predicted molar refractivity (Wildman–Crippen MR) is 111 cm³/mol. The van der Waals surface area contributed by atoms with E-state index in [9.17, 15) is 4.79 Å². The number of carbonyl (C=O) groups excluding carboxylic acids is 1. The van der Waals surface area contributed by atoms with Crippen molar-refractivity contribution in [1.82, 2.24) is 9.88 Å². The monoisotopic (exact) mass is 416 g/mol. The van der Waals surface area contributed by atoms with Crippen LogP contribution in [0.3, 0.4) is 0 Å². The van der Waals surface area contributed by atoms with Crippen molar-refractivity contribution >= 4 is 28.8 Å². The Hall–Kier alpha value is -2.57. The summed E-state index contributed by atoms with van der Waals surface area (Å²) in [7, 11) is 1.77. The third kappa shape index (κ3) is 6.25. The largest absolute Gasteiger partial charge is 0.492 e. The fourth-order valence-corrected chi connectivity index (χ4v) is 3.24. The first kappa shape index (κ1) is 20.2. The average molecular weight is 417 g/mol. The molecule has 0 saturated heterocycles. The highest BCUT2D eigenvalue weighted by molar-refractivity contribution is 7.09. The van der Waals surface area contributed by atoms with Crippen molar-refractivity contribution < 1.29 is 14.3 Å². The molecule has 7 heteroatoms. The Kier molecular flexibility index (Phi) is 7.28. The molecule has 0 aliphatic carbocycles. The molecule has 0 atom stereocenters. The molecule has 0 unspecified atom stereocenters. The van der Waals surface area contributed by atoms with E-state index in [2.05, 4.69) is 4.98 Å². The zero-order chi connectivity index (χ0) is 19.8. The van der Waals surface area contributed by atoms with E-state index in [1.165, 1.54) is 11.3 Å². The van der Waals surface area contributed by atoms with Crippen LogP contribution in [0.25, 0.3) is 0 Å². The minimum atomic E-state index is 0.00660. The number of hydrogen-bond donors (Lipinski definition) is 0. The van der Waals surface area contributed by atoms with Crippen LogP contribution in [-0.4, -0.2) is 36.0 Å². The van der Waals surface area contributed by atoms with Crippen LogP contribution in [0.4, 0.5) is 0 Å². The molecule has 0 spiro atoms. The molecule has 0 bridgehead atoms. The summed E-state index contributed by atoms with van der Waals surface area (Å²) in [5, 5.41) is 3.39. The fourth-order valence-electron chi connectivity index (χ4n) is 2.40. The lowest BCUT2D eigenvalue weighted by Crippen LogP contribution is -2.32. The first-order valence-corrected chi connectivity index (χ1v) is 10.1. The van der Waals surface area contributed by atoms with E-state index in [0.29, 0.717) is 24.8 Å². The highest BCUT2D eigenvalue weighted by atomic mass is 35.5. The quantitative estimate of drug-likeness (QED) is 0.517. The normalized spacial score (nSPS) is 10.5. The third-order valence-electron chi connectivity index (χ3n) is 3.97. The van der Waals surface area contributed by atoms with Crippen LogP contribution in [0.15, 0.2) is 60.0 Å². The number of amides is 1. The number of likely N-dealkylation sites (N-methyl/N-ethyl adjacent to an activating group) is 1. The van der Waals surface area contributed by atoms with Crippen molar-refractivity contribution in [3.05, 3.63) is 75.7 Å². The lowest BCUT2D eigenvalue weighted by molar-refractivity contribution is -0.129. The Morgan fingerprint density at radius 1 is 1.07 bits per heavy atom. The molecule has 0 fully saturated rings. The highest BCUT2D eigenvalue weighted by Gasteiger charge is 2.12. The molecule has 0 saturated carbocycles. The molecule has 1 aromatic heterocycles. The highest BCUT2D eigenvalue weighted by Crippen LogP contribution is 2.18. The number of benzene rings is 2. The van der Waals surface area contributed by atoms with E-state index >= 15 is 0 Å². The van der Waals surface area contributed by atoms with Gasteiger partial charge in [-0.1, -0.05) is 29.8 Å². The molecule has 3 aromatic rings. The summed E-state index contributed by atoms with van der Waals surface area (Å²) in [4.78, 5) is 18.5. The van der Waals surface area contributed by atoms with E-state index in [1.54, 1.807) is 24.1 Å². The number of halogens is 1. The molecule has 0 radical (unpaired) electrons. The molecule has 1 heterocycles. The van der Waals surface area contributed by atoms with Gasteiger partial charge in [-0.3, -0.25) is 4.79 Å². The molecular formula is C21H21ClN2O3S. The molecule has 28 heavy (non-hydrogen) atoms. The molecule has 2 aromatic carbocycles. The van der Waals surface area contributed by atoms with Crippen molar-refractivity contribution in [3.8, 4) is 11.5 Å². The topological polar surface area (TPSA) is 51.7 Å². The fraction of sp³-hybridized carbons (Fsp3) is 0.238. The van der Waals surface area contributed by atoms with E-state index < -0.39 is 0 Å². The number of rotatable bonds is 9. The second-order valence-corrected chi connectivity index (χ2v) is 7.51. The van der Waals surface area contributed by atoms with Crippen molar-refractivity contribution in [2.75, 3.05) is 20.2 Å². The summed E-state index contributed by atoms with van der Waals surface area (Å²) in [6.07, 6.45) is 0.263. The Bertz CT molecular complexity index is 884. The smallest absolute Gasteiger partial charge is 0.228 e. The minimum Gasteiger partial charge on any atom is -0.492 e. The standard InChI is InChI=1S/C21H21ClN2O3S/c1-24(11-12-26-18-5-3-2-4-6-18)21(25)13-17-15-28-20(23-17)14-27-19-9-7-16(22)8-10-19/h2-10,15H,11-14H2,1H3. The van der Waals surface area contributed by atoms with E-state index in [0.717, 1.165) is 22.2 Å². The average Bonchev–Trinajstić information content (AvgIpc) is 3.15. The van der Waals surface area contributed by atoms with Gasteiger partial charge in [0.1, 0.15) is 29.7 Å². The Morgan fingerprint density at radius 3 is 2.54 bits per heavy atom. The first-order valence-electron chi connectivity index (χ1n) is 8.83. The van der Waals surface area contributed by atoms with Gasteiger partial charge in [0.05, 0.1) is 18.7 Å². The molecule has 1 amide bonds. The van der Waals surface area contributed by atoms with Crippen LogP contribution in [-0.2, 0) is 17.8 Å². The van der Waals surface area contributed by atoms with Gasteiger partial charge in [0.25, 0.3) is 0 Å². The Labute approximate surface area is 173 Å². The molecule has 0 N–H and O–H groups in total. The minimum absolute atomic E-state index is 0.00660. The van der Waals surface area contributed by atoms with E-state index in [-0.39, 0.29) is 12.3 Å². The zero-order valence-electron chi connectivity index (χ0n) is 15.5. The van der Waals surface area contributed by atoms with Gasteiger partial charge in [0.2, 0.25) is 5.91 Å². The van der Waals surface area contributed by atoms with Gasteiger partial charge in [0, 0.05) is 17.5 Å². The number of carbonyl (C=O) groups is 1. The summed E-state index contributed by atoms with van der Waals surface area (Å²) in [6.45, 7) is 1.33. The Morgan fingerprint density at radius 2 is 1.79 bits per heavy atom. The van der Waals surface area contributed by atoms with Gasteiger partial charge in [-0.25, -0.2) is 4.98 Å². The molecule has 0 aliphatic rings. The zero-order valence-corrected chi connectivity index (χ0v) is 17.1. The lowest BCUT2D eigenvalue weighted by atomic mass is 10.3. The lowest BCUT2D eigenvalue weighted by Gasteiger charge is -2.17. The molecule has 146 valence electrons. The summed E-state index contributed by atoms with van der Waals surface area (Å²) in [5.74, 6) is 1.54. The van der Waals surface area contributed by atoms with Crippen molar-refractivity contribution in [1.29, 1.82) is 0 Å². The molecule has 0 aliphatic heterocycles. The number of para-hydroxylation sites is 1. The molecule has 5 nitrogen and oxygen atoms in total. The van der Waals surface area contributed by atoms with Crippen LogP contribution in [0, 0.1) is 0 Å². The van der Waals surface area contributed by atoms with Crippen LogP contribution >= 0.6 is 22.9 Å². The second-order valence-electron chi connectivity index (χ2n) is 6.13. The maximum Gasteiger partial charge on any atom is 0.228 e. The van der Waals surface area contributed by atoms with Gasteiger partial charge in [-0.2, -0.15) is 0 Å². The predicted octanol–water partition coefficient (Wildman–Crippen LogP) is 4.46. The summed E-state index contributed by atoms with van der Waals surface area (Å²) in [6, 6.07) is 16.7. The van der Waals surface area contributed by atoms with Crippen LogP contribution in [0.1, 0.15) is 10.7 Å². The van der Waals surface area contributed by atoms with Gasteiger partial charge >= 0.3 is 0 Å². The van der Waals surface area contributed by atoms with Crippen molar-refractivity contribution in [3.63, 3.8) is 0 Å². The van der Waals surface area contributed by atoms with Crippen LogP contribution < -0.4 is 9.47 Å². The first-order chi connectivity index (χ1) is 13.6. The summed E-state index contributed by atoms with van der Waals surface area (Å²) in [5.41, 5.74) is 0.750. The van der Waals surface area contributed by atoms with Gasteiger partial charge < -0.3 is 14.4 Å². The third-order valence-corrected chi connectivity index (χ3v) is 5.10. The number of ether oxygens (including phenoxy) is 2. The molecule has 3 rings (SSSR count). The number of nitrogens with zero attached hydrogens (tertiary/aromatic N) is 2. The van der Waals surface area contributed by atoms with Gasteiger partial charge in [-0.15, -0.1) is 11.3 Å².